The summed E-state index contributed by atoms with van der Waals surface area (Å²) in [5.74, 6) is 0.0980. The molecule has 5 heteroatoms. The molecule has 2 aromatic rings. The van der Waals surface area contributed by atoms with Crippen LogP contribution in [0, 0.1) is 0 Å². The van der Waals surface area contributed by atoms with E-state index >= 15 is 0 Å². The van der Waals surface area contributed by atoms with Crippen molar-refractivity contribution in [2.45, 2.75) is 6.54 Å². The van der Waals surface area contributed by atoms with E-state index in [1.165, 1.54) is 12.1 Å². The van der Waals surface area contributed by atoms with Gasteiger partial charge in [-0.15, -0.1) is 0 Å². The second-order valence-corrected chi connectivity index (χ2v) is 5.08. The molecular weight excluding hydrogens is 318 g/mol. The summed E-state index contributed by atoms with van der Waals surface area (Å²) in [4.78, 5) is 0. The Morgan fingerprint density at radius 2 is 1.89 bits per heavy atom. The van der Waals surface area contributed by atoms with Crippen LogP contribution in [0.2, 0.25) is 5.02 Å². The van der Waals surface area contributed by atoms with Gasteiger partial charge in [-0.05, 0) is 46.3 Å². The smallest absolute Gasteiger partial charge is 0.124 e. The van der Waals surface area contributed by atoms with Crippen molar-refractivity contribution in [3.63, 3.8) is 0 Å². The molecule has 94 valence electrons. The monoisotopic (exact) mass is 327 g/mol. The van der Waals surface area contributed by atoms with Crippen molar-refractivity contribution in [1.82, 2.24) is 0 Å². The molecule has 0 unspecified atom stereocenters. The molecule has 0 aliphatic heterocycles. The van der Waals surface area contributed by atoms with E-state index in [0.29, 0.717) is 17.1 Å². The van der Waals surface area contributed by atoms with Crippen LogP contribution in [0.25, 0.3) is 0 Å². The van der Waals surface area contributed by atoms with Gasteiger partial charge in [0.15, 0.2) is 0 Å². The zero-order valence-corrected chi connectivity index (χ0v) is 11.7. The van der Waals surface area contributed by atoms with Crippen LogP contribution in [0.4, 0.5) is 5.69 Å². The molecule has 0 amide bonds. The first kappa shape index (κ1) is 13.1. The van der Waals surface area contributed by atoms with Crippen LogP contribution in [-0.4, -0.2) is 10.2 Å². The van der Waals surface area contributed by atoms with Crippen LogP contribution in [-0.2, 0) is 6.54 Å². The lowest BCUT2D eigenvalue weighted by atomic mass is 10.2. The van der Waals surface area contributed by atoms with E-state index in [9.17, 15) is 10.2 Å². The minimum atomic E-state index is 0.0418. The van der Waals surface area contributed by atoms with Gasteiger partial charge in [0.1, 0.15) is 11.5 Å². The van der Waals surface area contributed by atoms with Gasteiger partial charge in [-0.2, -0.15) is 0 Å². The lowest BCUT2D eigenvalue weighted by Crippen LogP contribution is -2.00. The normalized spacial score (nSPS) is 10.3. The number of phenolic OH excluding ortho intramolecular Hbond substituents is 2. The predicted molar refractivity (Wildman–Crippen MR) is 76.3 cm³/mol. The van der Waals surface area contributed by atoms with Crippen molar-refractivity contribution in [3.8, 4) is 11.5 Å². The third-order valence-corrected chi connectivity index (χ3v) is 3.39. The van der Waals surface area contributed by atoms with Gasteiger partial charge >= 0.3 is 0 Å². The predicted octanol–water partition coefficient (Wildman–Crippen LogP) is 4.13. The molecule has 3 N–H and O–H groups in total. The van der Waals surface area contributed by atoms with Gasteiger partial charge in [0.25, 0.3) is 0 Å². The van der Waals surface area contributed by atoms with Crippen LogP contribution in [0.1, 0.15) is 5.56 Å². The number of aromatic hydroxyl groups is 2. The molecule has 0 aliphatic rings. The molecule has 0 radical (unpaired) electrons. The maximum Gasteiger partial charge on any atom is 0.124 e. The van der Waals surface area contributed by atoms with E-state index in [-0.39, 0.29) is 11.5 Å². The maximum absolute atomic E-state index is 9.66. The summed E-state index contributed by atoms with van der Waals surface area (Å²) in [7, 11) is 0. The van der Waals surface area contributed by atoms with Crippen molar-refractivity contribution in [3.05, 3.63) is 51.5 Å². The fraction of sp³-hybridized carbons (Fsp3) is 0.0769. The molecule has 0 heterocycles. The van der Waals surface area contributed by atoms with E-state index in [0.717, 1.165) is 10.2 Å². The summed E-state index contributed by atoms with van der Waals surface area (Å²) < 4.78 is 0.894. The standard InChI is InChI=1S/C13H11BrClNO2/c14-11-4-2-9(15)5-12(11)16-7-8-1-3-10(17)6-13(8)18/h1-6,16-18H,7H2. The molecule has 0 bridgehead atoms. The van der Waals surface area contributed by atoms with Crippen LogP contribution in [0.15, 0.2) is 40.9 Å². The molecule has 0 spiro atoms. The minimum Gasteiger partial charge on any atom is -0.508 e. The topological polar surface area (TPSA) is 52.5 Å². The SMILES string of the molecule is Oc1ccc(CNc2cc(Cl)ccc2Br)c(O)c1. The number of halogens is 2. The minimum absolute atomic E-state index is 0.0418. The van der Waals surface area contributed by atoms with E-state index < -0.39 is 0 Å². The van der Waals surface area contributed by atoms with Crippen LogP contribution >= 0.6 is 27.5 Å². The van der Waals surface area contributed by atoms with Gasteiger partial charge in [-0.3, -0.25) is 0 Å². The first-order valence-electron chi connectivity index (χ1n) is 5.26. The molecule has 0 aromatic heterocycles. The summed E-state index contributed by atoms with van der Waals surface area (Å²) in [5, 5.41) is 22.6. The second kappa shape index (κ2) is 5.50. The van der Waals surface area contributed by atoms with Crippen molar-refractivity contribution in [1.29, 1.82) is 0 Å². The van der Waals surface area contributed by atoms with E-state index in [1.807, 2.05) is 6.07 Å². The fourth-order valence-electron chi connectivity index (χ4n) is 1.53. The van der Waals surface area contributed by atoms with Gasteiger partial charge in [0.05, 0.1) is 5.69 Å². The summed E-state index contributed by atoms with van der Waals surface area (Å²) in [6.07, 6.45) is 0. The quantitative estimate of drug-likeness (QED) is 0.794. The molecule has 0 atom stereocenters. The molecule has 0 saturated carbocycles. The first-order chi connectivity index (χ1) is 8.56. The number of benzene rings is 2. The highest BCUT2D eigenvalue weighted by Gasteiger charge is 2.04. The highest BCUT2D eigenvalue weighted by Crippen LogP contribution is 2.28. The zero-order chi connectivity index (χ0) is 13.1. The Balaban J connectivity index is 2.13. The van der Waals surface area contributed by atoms with Crippen LogP contribution in [0.3, 0.4) is 0 Å². The summed E-state index contributed by atoms with van der Waals surface area (Å²) >= 11 is 9.32. The van der Waals surface area contributed by atoms with Crippen molar-refractivity contribution in [2.24, 2.45) is 0 Å². The molecule has 0 aliphatic carbocycles. The van der Waals surface area contributed by atoms with Crippen molar-refractivity contribution in [2.75, 3.05) is 5.32 Å². The van der Waals surface area contributed by atoms with E-state index in [4.69, 9.17) is 11.6 Å². The molecule has 18 heavy (non-hydrogen) atoms. The molecular formula is C13H11BrClNO2. The summed E-state index contributed by atoms with van der Waals surface area (Å²) in [6.45, 7) is 0.436. The Hall–Kier alpha value is -1.39. The number of rotatable bonds is 3. The lowest BCUT2D eigenvalue weighted by Gasteiger charge is -2.10. The maximum atomic E-state index is 9.66. The molecule has 2 aromatic carbocycles. The van der Waals surface area contributed by atoms with Crippen molar-refractivity contribution >= 4 is 33.2 Å². The van der Waals surface area contributed by atoms with Crippen LogP contribution < -0.4 is 5.32 Å². The number of anilines is 1. The number of nitrogens with one attached hydrogen (secondary N) is 1. The average Bonchev–Trinajstić information content (AvgIpc) is 2.32. The first-order valence-corrected chi connectivity index (χ1v) is 6.43. The third kappa shape index (κ3) is 3.09. The molecule has 2 rings (SSSR count). The molecule has 0 fully saturated rings. The summed E-state index contributed by atoms with van der Waals surface area (Å²) in [6, 6.07) is 9.93. The Bertz CT molecular complexity index is 575. The Kier molecular flexibility index (Phi) is 3.99. The van der Waals surface area contributed by atoms with Gasteiger partial charge in [0.2, 0.25) is 0 Å². The Labute approximate surface area is 118 Å². The largest absolute Gasteiger partial charge is 0.508 e. The van der Waals surface area contributed by atoms with Gasteiger partial charge < -0.3 is 15.5 Å². The Morgan fingerprint density at radius 3 is 2.61 bits per heavy atom. The highest BCUT2D eigenvalue weighted by atomic mass is 79.9. The highest BCUT2D eigenvalue weighted by molar-refractivity contribution is 9.10. The number of hydrogen-bond donors (Lipinski definition) is 3. The third-order valence-electron chi connectivity index (χ3n) is 2.47. The number of hydrogen-bond acceptors (Lipinski definition) is 3. The lowest BCUT2D eigenvalue weighted by molar-refractivity contribution is 0.446. The fourth-order valence-corrected chi connectivity index (χ4v) is 2.08. The summed E-state index contributed by atoms with van der Waals surface area (Å²) in [5.41, 5.74) is 1.54. The van der Waals surface area contributed by atoms with Gasteiger partial charge in [-0.25, -0.2) is 0 Å². The van der Waals surface area contributed by atoms with Gasteiger partial charge in [-0.1, -0.05) is 11.6 Å². The number of phenols is 2. The average molecular weight is 329 g/mol. The van der Waals surface area contributed by atoms with Crippen molar-refractivity contribution < 1.29 is 10.2 Å². The molecule has 3 nitrogen and oxygen atoms in total. The van der Waals surface area contributed by atoms with E-state index in [1.54, 1.807) is 18.2 Å². The Morgan fingerprint density at radius 1 is 1.11 bits per heavy atom. The van der Waals surface area contributed by atoms with Gasteiger partial charge in [0, 0.05) is 27.7 Å². The molecule has 0 saturated heterocycles. The zero-order valence-electron chi connectivity index (χ0n) is 9.32. The second-order valence-electron chi connectivity index (χ2n) is 3.79. The van der Waals surface area contributed by atoms with E-state index in [2.05, 4.69) is 21.2 Å². The van der Waals surface area contributed by atoms with Crippen LogP contribution in [0.5, 0.6) is 11.5 Å².